The number of carbonyl (C=O) groups is 1. The summed E-state index contributed by atoms with van der Waals surface area (Å²) in [6.45, 7) is 0. The SMILES string of the molecule is O=C(Nc1ccncc1)[C@@H]1Cc2ccccc2N1. The molecule has 18 heavy (non-hydrogen) atoms. The van der Waals surface area contributed by atoms with Crippen LogP contribution in [-0.2, 0) is 11.2 Å². The maximum absolute atomic E-state index is 12.1. The zero-order chi connectivity index (χ0) is 12.4. The molecule has 0 spiro atoms. The van der Waals surface area contributed by atoms with Crippen LogP contribution in [0.4, 0.5) is 11.4 Å². The molecule has 0 bridgehead atoms. The molecule has 0 aliphatic carbocycles. The molecule has 4 nitrogen and oxygen atoms in total. The van der Waals surface area contributed by atoms with Gasteiger partial charge in [0, 0.05) is 30.2 Å². The van der Waals surface area contributed by atoms with Gasteiger partial charge < -0.3 is 10.6 Å². The van der Waals surface area contributed by atoms with E-state index < -0.39 is 0 Å². The highest BCUT2D eigenvalue weighted by Crippen LogP contribution is 2.25. The highest BCUT2D eigenvalue weighted by atomic mass is 16.2. The number of nitrogens with one attached hydrogen (secondary N) is 2. The van der Waals surface area contributed by atoms with E-state index in [0.717, 1.165) is 17.8 Å². The number of hydrogen-bond donors (Lipinski definition) is 2. The molecule has 1 atom stereocenters. The Balaban J connectivity index is 1.70. The molecule has 2 N–H and O–H groups in total. The number of aromatic nitrogens is 1. The maximum Gasteiger partial charge on any atom is 0.247 e. The summed E-state index contributed by atoms with van der Waals surface area (Å²) < 4.78 is 0. The summed E-state index contributed by atoms with van der Waals surface area (Å²) in [5.74, 6) is -0.0163. The largest absolute Gasteiger partial charge is 0.373 e. The topological polar surface area (TPSA) is 54.0 Å². The van der Waals surface area contributed by atoms with Crippen LogP contribution in [0.15, 0.2) is 48.8 Å². The van der Waals surface area contributed by atoms with E-state index in [1.54, 1.807) is 24.5 Å². The monoisotopic (exact) mass is 239 g/mol. The van der Waals surface area contributed by atoms with Crippen molar-refractivity contribution in [3.05, 3.63) is 54.4 Å². The molecule has 0 fully saturated rings. The van der Waals surface area contributed by atoms with Gasteiger partial charge in [-0.3, -0.25) is 9.78 Å². The van der Waals surface area contributed by atoms with E-state index in [2.05, 4.69) is 15.6 Å². The first-order valence-electron chi connectivity index (χ1n) is 5.88. The molecular weight excluding hydrogens is 226 g/mol. The molecule has 1 aromatic carbocycles. The van der Waals surface area contributed by atoms with Crippen molar-refractivity contribution < 1.29 is 4.79 Å². The Kier molecular flexibility index (Phi) is 2.68. The zero-order valence-corrected chi connectivity index (χ0v) is 9.76. The number of para-hydroxylation sites is 1. The molecule has 0 radical (unpaired) electrons. The number of fused-ring (bicyclic) bond motifs is 1. The van der Waals surface area contributed by atoms with Crippen LogP contribution in [0.3, 0.4) is 0 Å². The highest BCUT2D eigenvalue weighted by Gasteiger charge is 2.26. The molecular formula is C14H13N3O. The van der Waals surface area contributed by atoms with Crippen LogP contribution < -0.4 is 10.6 Å². The van der Waals surface area contributed by atoms with Gasteiger partial charge in [-0.05, 0) is 23.8 Å². The molecule has 2 heterocycles. The van der Waals surface area contributed by atoms with E-state index >= 15 is 0 Å². The number of benzene rings is 1. The quantitative estimate of drug-likeness (QED) is 0.843. The van der Waals surface area contributed by atoms with Gasteiger partial charge in [-0.25, -0.2) is 0 Å². The fraction of sp³-hybridized carbons (Fsp3) is 0.143. The Morgan fingerprint density at radius 3 is 2.78 bits per heavy atom. The molecule has 2 aromatic rings. The normalized spacial score (nSPS) is 16.8. The smallest absolute Gasteiger partial charge is 0.247 e. The zero-order valence-electron chi connectivity index (χ0n) is 9.76. The number of rotatable bonds is 2. The van der Waals surface area contributed by atoms with Crippen molar-refractivity contribution >= 4 is 17.3 Å². The fourth-order valence-electron chi connectivity index (χ4n) is 2.12. The Labute approximate surface area is 105 Å². The lowest BCUT2D eigenvalue weighted by atomic mass is 10.1. The van der Waals surface area contributed by atoms with Crippen LogP contribution >= 0.6 is 0 Å². The fourth-order valence-corrected chi connectivity index (χ4v) is 2.12. The van der Waals surface area contributed by atoms with Crippen molar-refractivity contribution in [1.82, 2.24) is 4.98 Å². The third kappa shape index (κ3) is 2.05. The summed E-state index contributed by atoms with van der Waals surface area (Å²) in [6, 6.07) is 11.4. The van der Waals surface area contributed by atoms with Gasteiger partial charge in [0.1, 0.15) is 6.04 Å². The first-order valence-corrected chi connectivity index (χ1v) is 5.88. The van der Waals surface area contributed by atoms with E-state index in [1.807, 2.05) is 24.3 Å². The lowest BCUT2D eigenvalue weighted by molar-refractivity contribution is -0.116. The molecule has 1 amide bonds. The maximum atomic E-state index is 12.1. The number of nitrogens with zero attached hydrogens (tertiary/aromatic N) is 1. The second kappa shape index (κ2) is 4.49. The third-order valence-corrected chi connectivity index (χ3v) is 3.04. The predicted octanol–water partition coefficient (Wildman–Crippen LogP) is 2.06. The minimum absolute atomic E-state index is 0.0163. The first kappa shape index (κ1) is 10.8. The standard InChI is InChI=1S/C14H13N3O/c18-14(16-11-5-7-15-8-6-11)13-9-10-3-1-2-4-12(10)17-13/h1-8,13,17H,9H2,(H,15,16,18)/t13-/m0/s1. The predicted molar refractivity (Wildman–Crippen MR) is 70.4 cm³/mol. The molecule has 90 valence electrons. The summed E-state index contributed by atoms with van der Waals surface area (Å²) in [5, 5.41) is 6.10. The van der Waals surface area contributed by atoms with Gasteiger partial charge in [0.2, 0.25) is 5.91 Å². The minimum Gasteiger partial charge on any atom is -0.373 e. The van der Waals surface area contributed by atoms with E-state index in [9.17, 15) is 4.79 Å². The van der Waals surface area contributed by atoms with Crippen LogP contribution in [0.25, 0.3) is 0 Å². The van der Waals surface area contributed by atoms with E-state index in [0.29, 0.717) is 0 Å². The van der Waals surface area contributed by atoms with Gasteiger partial charge in [0.05, 0.1) is 0 Å². The number of anilines is 2. The summed E-state index contributed by atoms with van der Waals surface area (Å²) in [6.07, 6.45) is 4.05. The van der Waals surface area contributed by atoms with Crippen molar-refractivity contribution in [3.63, 3.8) is 0 Å². The van der Waals surface area contributed by atoms with Crippen LogP contribution in [0.5, 0.6) is 0 Å². The van der Waals surface area contributed by atoms with Crippen LogP contribution in [0.2, 0.25) is 0 Å². The minimum atomic E-state index is -0.199. The lowest BCUT2D eigenvalue weighted by Gasteiger charge is -2.11. The number of hydrogen-bond acceptors (Lipinski definition) is 3. The summed E-state index contributed by atoms with van der Waals surface area (Å²) in [7, 11) is 0. The summed E-state index contributed by atoms with van der Waals surface area (Å²) >= 11 is 0. The molecule has 3 rings (SSSR count). The van der Waals surface area contributed by atoms with Crippen LogP contribution in [0.1, 0.15) is 5.56 Å². The average Bonchev–Trinajstić information content (AvgIpc) is 2.84. The van der Waals surface area contributed by atoms with Crippen molar-refractivity contribution in [2.75, 3.05) is 10.6 Å². The second-order valence-corrected chi connectivity index (χ2v) is 4.28. The van der Waals surface area contributed by atoms with Gasteiger partial charge in [-0.2, -0.15) is 0 Å². The van der Waals surface area contributed by atoms with E-state index in [4.69, 9.17) is 0 Å². The molecule has 0 saturated heterocycles. The molecule has 0 saturated carbocycles. The summed E-state index contributed by atoms with van der Waals surface area (Å²) in [4.78, 5) is 16.0. The van der Waals surface area contributed by atoms with Gasteiger partial charge in [-0.15, -0.1) is 0 Å². The van der Waals surface area contributed by atoms with Gasteiger partial charge in [0.15, 0.2) is 0 Å². The number of amides is 1. The average molecular weight is 239 g/mol. The van der Waals surface area contributed by atoms with Gasteiger partial charge >= 0.3 is 0 Å². The first-order chi connectivity index (χ1) is 8.83. The molecule has 1 aromatic heterocycles. The highest BCUT2D eigenvalue weighted by molar-refractivity contribution is 5.97. The number of carbonyl (C=O) groups excluding carboxylic acids is 1. The summed E-state index contributed by atoms with van der Waals surface area (Å²) in [5.41, 5.74) is 3.01. The molecule has 1 aliphatic heterocycles. The molecule has 1 aliphatic rings. The van der Waals surface area contributed by atoms with Crippen LogP contribution in [-0.4, -0.2) is 16.9 Å². The van der Waals surface area contributed by atoms with E-state index in [1.165, 1.54) is 5.56 Å². The molecule has 0 unspecified atom stereocenters. The van der Waals surface area contributed by atoms with Crippen LogP contribution in [0, 0.1) is 0 Å². The Morgan fingerprint density at radius 2 is 2.00 bits per heavy atom. The van der Waals surface area contributed by atoms with Crippen molar-refractivity contribution in [2.45, 2.75) is 12.5 Å². The van der Waals surface area contributed by atoms with Gasteiger partial charge in [-0.1, -0.05) is 18.2 Å². The van der Waals surface area contributed by atoms with Crippen molar-refractivity contribution in [1.29, 1.82) is 0 Å². The van der Waals surface area contributed by atoms with Crippen molar-refractivity contribution in [3.8, 4) is 0 Å². The van der Waals surface area contributed by atoms with E-state index in [-0.39, 0.29) is 11.9 Å². The Bertz CT molecular complexity index is 543. The lowest BCUT2D eigenvalue weighted by Crippen LogP contribution is -2.32. The second-order valence-electron chi connectivity index (χ2n) is 4.28. The molecule has 4 heteroatoms. The third-order valence-electron chi connectivity index (χ3n) is 3.04. The Morgan fingerprint density at radius 1 is 1.22 bits per heavy atom. The van der Waals surface area contributed by atoms with Gasteiger partial charge in [0.25, 0.3) is 0 Å². The van der Waals surface area contributed by atoms with Crippen molar-refractivity contribution in [2.24, 2.45) is 0 Å². The Hall–Kier alpha value is -2.36. The number of pyridine rings is 1.